The third kappa shape index (κ3) is 54.8. The summed E-state index contributed by atoms with van der Waals surface area (Å²) >= 11 is 0. The van der Waals surface area contributed by atoms with E-state index in [9.17, 15) is 19.5 Å². The second-order valence-corrected chi connectivity index (χ2v) is 21.3. The lowest BCUT2D eigenvalue weighted by Gasteiger charge is -2.25. The number of unbranched alkanes of at least 4 members (excludes halogenated alkanes) is 30. The van der Waals surface area contributed by atoms with Crippen molar-refractivity contribution in [3.63, 3.8) is 0 Å². The molecule has 0 aromatic heterocycles. The molecule has 72 heavy (non-hydrogen) atoms. The first-order valence-corrected chi connectivity index (χ1v) is 30.0. The maximum Gasteiger partial charge on any atom is 0.361 e. The summed E-state index contributed by atoms with van der Waals surface area (Å²) in [6.45, 7) is 4.74. The molecule has 0 aliphatic heterocycles. The normalized spacial score (nSPS) is 13.2. The van der Waals surface area contributed by atoms with Gasteiger partial charge >= 0.3 is 17.9 Å². The monoisotopic (exact) mass is 1010 g/mol. The molecule has 2 unspecified atom stereocenters. The molecule has 9 heteroatoms. The third-order valence-corrected chi connectivity index (χ3v) is 13.0. The molecule has 0 saturated carbocycles. The summed E-state index contributed by atoms with van der Waals surface area (Å²) in [5, 5.41) is 9.65. The van der Waals surface area contributed by atoms with E-state index in [2.05, 4.69) is 74.6 Å². The smallest absolute Gasteiger partial charge is 0.361 e. The maximum absolute atomic E-state index is 12.8. The van der Waals surface area contributed by atoms with Gasteiger partial charge in [0.15, 0.2) is 6.10 Å². The van der Waals surface area contributed by atoms with Crippen LogP contribution in [-0.4, -0.2) is 87.4 Å². The summed E-state index contributed by atoms with van der Waals surface area (Å²) in [7, 11) is 5.96. The summed E-state index contributed by atoms with van der Waals surface area (Å²) in [5.74, 6) is -2.00. The van der Waals surface area contributed by atoms with E-state index in [1.54, 1.807) is 0 Å². The quantitative estimate of drug-likeness (QED) is 0.0211. The minimum Gasteiger partial charge on any atom is -0.477 e. The molecule has 0 saturated heterocycles. The Morgan fingerprint density at radius 2 is 0.792 bits per heavy atom. The SMILES string of the molecule is CC/C=C\C/C=C\C/C=C\C/C=C\C/C=C\CCCCCCCCCCCCCCCCCCCCCCCCCC(=O)OC(COC(=O)CCCCCCCCCC)COC(OCC[N+](C)(C)C)C(=O)O. The highest BCUT2D eigenvalue weighted by Crippen LogP contribution is 2.17. The Hall–Kier alpha value is -3.01. The number of hydrogen-bond donors (Lipinski definition) is 1. The van der Waals surface area contributed by atoms with Crippen molar-refractivity contribution in [3.8, 4) is 0 Å². The van der Waals surface area contributed by atoms with Gasteiger partial charge in [-0.25, -0.2) is 4.79 Å². The van der Waals surface area contributed by atoms with Crippen LogP contribution in [0.3, 0.4) is 0 Å². The minimum absolute atomic E-state index is 0.178. The molecule has 0 fully saturated rings. The van der Waals surface area contributed by atoms with Crippen LogP contribution in [0.4, 0.5) is 0 Å². The van der Waals surface area contributed by atoms with Gasteiger partial charge in [0.1, 0.15) is 13.2 Å². The zero-order valence-electron chi connectivity index (χ0n) is 47.6. The standard InChI is InChI=1S/C63H113NO8/c1-6-8-10-12-14-16-17-18-19-20-21-22-23-24-25-26-27-28-29-30-31-32-33-34-35-36-37-38-39-40-41-42-43-44-45-46-48-50-52-54-61(66)72-59(58-71-63(62(67)68)69-56-55-64(3,4)5)57-70-60(65)53-51-49-47-15-13-11-9-7-2/h8,10,14,16,18-19,21-22,24-25,59,63H,6-7,9,11-13,15,17,20,23,26-58H2,1-5H3/p+1/b10-8-,16-14-,19-18-,22-21-,25-24-. The van der Waals surface area contributed by atoms with Crippen molar-refractivity contribution in [2.75, 3.05) is 47.5 Å². The Balaban J connectivity index is 3.87. The summed E-state index contributed by atoms with van der Waals surface area (Å²) in [5.41, 5.74) is 0. The van der Waals surface area contributed by atoms with Gasteiger partial charge in [-0.1, -0.05) is 254 Å². The molecule has 1 N–H and O–H groups in total. The van der Waals surface area contributed by atoms with Crippen LogP contribution in [0, 0.1) is 0 Å². The number of aliphatic carboxylic acids is 1. The highest BCUT2D eigenvalue weighted by atomic mass is 16.7. The van der Waals surface area contributed by atoms with Crippen LogP contribution in [-0.2, 0) is 33.3 Å². The molecule has 0 heterocycles. The van der Waals surface area contributed by atoms with Crippen molar-refractivity contribution >= 4 is 17.9 Å². The molecule has 418 valence electrons. The summed E-state index contributed by atoms with van der Waals surface area (Å²) in [6.07, 6.45) is 66.4. The molecule has 0 rings (SSSR count). The van der Waals surface area contributed by atoms with Crippen molar-refractivity contribution in [3.05, 3.63) is 60.8 Å². The van der Waals surface area contributed by atoms with Crippen molar-refractivity contribution in [1.29, 1.82) is 0 Å². The van der Waals surface area contributed by atoms with Crippen LogP contribution in [0.25, 0.3) is 0 Å². The topological polar surface area (TPSA) is 108 Å². The zero-order chi connectivity index (χ0) is 52.7. The molecule has 0 amide bonds. The van der Waals surface area contributed by atoms with E-state index in [1.165, 1.54) is 167 Å². The van der Waals surface area contributed by atoms with Gasteiger partial charge in [0.2, 0.25) is 0 Å². The van der Waals surface area contributed by atoms with E-state index in [1.807, 2.05) is 21.1 Å². The Morgan fingerprint density at radius 3 is 1.18 bits per heavy atom. The van der Waals surface area contributed by atoms with E-state index in [4.69, 9.17) is 18.9 Å². The highest BCUT2D eigenvalue weighted by molar-refractivity contribution is 5.71. The van der Waals surface area contributed by atoms with E-state index < -0.39 is 24.3 Å². The predicted molar refractivity (Wildman–Crippen MR) is 304 cm³/mol. The van der Waals surface area contributed by atoms with Crippen molar-refractivity contribution in [2.45, 2.75) is 277 Å². The van der Waals surface area contributed by atoms with E-state index in [0.29, 0.717) is 17.4 Å². The van der Waals surface area contributed by atoms with Crippen LogP contribution >= 0.6 is 0 Å². The summed E-state index contributed by atoms with van der Waals surface area (Å²) in [4.78, 5) is 37.1. The number of likely N-dealkylation sites (N-methyl/N-ethyl adjacent to an activating group) is 1. The maximum atomic E-state index is 12.8. The first kappa shape index (κ1) is 69.0. The van der Waals surface area contributed by atoms with Gasteiger partial charge in [-0.15, -0.1) is 0 Å². The fourth-order valence-electron chi connectivity index (χ4n) is 8.45. The Kier molecular flexibility index (Phi) is 52.0. The number of carbonyl (C=O) groups excluding carboxylic acids is 2. The number of carboxylic acid groups (broad SMARTS) is 1. The average molecular weight is 1010 g/mol. The molecule has 0 aromatic carbocycles. The van der Waals surface area contributed by atoms with Gasteiger partial charge in [0.05, 0.1) is 34.4 Å². The number of rotatable bonds is 55. The Bertz CT molecular complexity index is 1360. The largest absolute Gasteiger partial charge is 0.477 e. The second kappa shape index (κ2) is 54.3. The number of allylic oxidation sites excluding steroid dienone is 10. The van der Waals surface area contributed by atoms with Crippen LogP contribution < -0.4 is 0 Å². The number of nitrogens with zero attached hydrogens (tertiary/aromatic N) is 1. The fourth-order valence-corrected chi connectivity index (χ4v) is 8.45. The van der Waals surface area contributed by atoms with Gasteiger partial charge in [0, 0.05) is 12.8 Å². The first-order valence-electron chi connectivity index (χ1n) is 30.0. The van der Waals surface area contributed by atoms with Crippen LogP contribution in [0.15, 0.2) is 60.8 Å². The molecule has 2 atom stereocenters. The summed E-state index contributed by atoms with van der Waals surface area (Å²) in [6, 6.07) is 0. The lowest BCUT2D eigenvalue weighted by Crippen LogP contribution is -2.40. The van der Waals surface area contributed by atoms with Crippen LogP contribution in [0.5, 0.6) is 0 Å². The van der Waals surface area contributed by atoms with Crippen molar-refractivity contribution in [1.82, 2.24) is 0 Å². The van der Waals surface area contributed by atoms with E-state index in [0.717, 1.165) is 70.6 Å². The number of hydrogen-bond acceptors (Lipinski definition) is 7. The lowest BCUT2D eigenvalue weighted by atomic mass is 10.0. The zero-order valence-corrected chi connectivity index (χ0v) is 47.6. The van der Waals surface area contributed by atoms with Crippen molar-refractivity contribution in [2.24, 2.45) is 0 Å². The van der Waals surface area contributed by atoms with Gasteiger partial charge < -0.3 is 28.5 Å². The summed E-state index contributed by atoms with van der Waals surface area (Å²) < 4.78 is 22.8. The number of carbonyl (C=O) groups is 3. The molecule has 9 nitrogen and oxygen atoms in total. The lowest BCUT2D eigenvalue weighted by molar-refractivity contribution is -0.870. The van der Waals surface area contributed by atoms with Crippen molar-refractivity contribution < 1.29 is 42.9 Å². The second-order valence-electron chi connectivity index (χ2n) is 21.3. The van der Waals surface area contributed by atoms with Gasteiger partial charge in [0.25, 0.3) is 6.29 Å². The fraction of sp³-hybridized carbons (Fsp3) is 0.794. The minimum atomic E-state index is -1.51. The molecular weight excluding hydrogens is 899 g/mol. The number of ether oxygens (including phenoxy) is 4. The van der Waals surface area contributed by atoms with Gasteiger partial charge in [-0.3, -0.25) is 9.59 Å². The number of esters is 2. The molecule has 0 aliphatic rings. The third-order valence-electron chi connectivity index (χ3n) is 13.0. The predicted octanol–water partition coefficient (Wildman–Crippen LogP) is 17.6. The van der Waals surface area contributed by atoms with Gasteiger partial charge in [-0.2, -0.15) is 0 Å². The van der Waals surface area contributed by atoms with Crippen LogP contribution in [0.2, 0.25) is 0 Å². The number of carboxylic acids is 1. The molecule has 0 aromatic rings. The molecule has 0 spiro atoms. The molecule has 0 bridgehead atoms. The first-order chi connectivity index (χ1) is 35.1. The van der Waals surface area contributed by atoms with Gasteiger partial charge in [-0.05, 0) is 57.8 Å². The van der Waals surface area contributed by atoms with E-state index in [-0.39, 0.29) is 32.2 Å². The average Bonchev–Trinajstić information content (AvgIpc) is 3.35. The van der Waals surface area contributed by atoms with E-state index >= 15 is 0 Å². The molecule has 0 aliphatic carbocycles. The Morgan fingerprint density at radius 1 is 0.431 bits per heavy atom. The molecular formula is C63H114NO8+. The van der Waals surface area contributed by atoms with Crippen LogP contribution in [0.1, 0.15) is 264 Å². The Labute approximate surface area is 444 Å². The molecule has 0 radical (unpaired) electrons. The number of quaternary nitrogens is 1. The highest BCUT2D eigenvalue weighted by Gasteiger charge is 2.25.